The highest BCUT2D eigenvalue weighted by molar-refractivity contribution is 6.30. The molecule has 0 fully saturated rings. The van der Waals surface area contributed by atoms with Crippen LogP contribution >= 0.6 is 11.6 Å². The number of hydrogen-bond acceptors (Lipinski definition) is 6. The molecule has 0 spiro atoms. The van der Waals surface area contributed by atoms with Crippen molar-refractivity contribution in [2.75, 3.05) is 6.61 Å². The van der Waals surface area contributed by atoms with Gasteiger partial charge >= 0.3 is 5.97 Å². The molecule has 0 unspecified atom stereocenters. The van der Waals surface area contributed by atoms with E-state index >= 15 is 0 Å². The third-order valence-corrected chi connectivity index (χ3v) is 3.72. The van der Waals surface area contributed by atoms with Crippen LogP contribution < -0.4 is 0 Å². The molecule has 134 valence electrons. The van der Waals surface area contributed by atoms with Gasteiger partial charge in [0, 0.05) is 34.7 Å². The number of Topliss-reactive ketones (excluding diaryl/α,β-unsaturated/α-hetero) is 2. The Morgan fingerprint density at radius 3 is 2.31 bits per heavy atom. The third-order valence-electron chi connectivity index (χ3n) is 3.47. The van der Waals surface area contributed by atoms with Crippen LogP contribution in [0.4, 0.5) is 5.69 Å². The molecule has 26 heavy (non-hydrogen) atoms. The minimum atomic E-state index is -0.703. The van der Waals surface area contributed by atoms with Crippen molar-refractivity contribution < 1.29 is 24.0 Å². The Morgan fingerprint density at radius 2 is 1.65 bits per heavy atom. The van der Waals surface area contributed by atoms with Gasteiger partial charge in [0.15, 0.2) is 12.4 Å². The maximum Gasteiger partial charge on any atom is 0.306 e. The highest BCUT2D eigenvalue weighted by Crippen LogP contribution is 2.14. The molecule has 2 aromatic carbocycles. The summed E-state index contributed by atoms with van der Waals surface area (Å²) < 4.78 is 4.83. The molecule has 0 aliphatic heterocycles. The molecule has 0 saturated carbocycles. The number of benzene rings is 2. The summed E-state index contributed by atoms with van der Waals surface area (Å²) in [6.45, 7) is -0.546. The molecular weight excluding hydrogens is 362 g/mol. The lowest BCUT2D eigenvalue weighted by molar-refractivity contribution is -0.384. The number of carbonyl (C=O) groups excluding carboxylic acids is 3. The topological polar surface area (TPSA) is 104 Å². The van der Waals surface area contributed by atoms with Crippen LogP contribution in [-0.4, -0.2) is 29.1 Å². The van der Waals surface area contributed by atoms with Crippen molar-refractivity contribution in [2.24, 2.45) is 0 Å². The van der Waals surface area contributed by atoms with Gasteiger partial charge in [0.2, 0.25) is 5.78 Å². The van der Waals surface area contributed by atoms with E-state index in [0.717, 1.165) is 6.07 Å². The van der Waals surface area contributed by atoms with Crippen molar-refractivity contribution in [1.82, 2.24) is 0 Å². The number of rotatable bonds is 8. The van der Waals surface area contributed by atoms with E-state index in [9.17, 15) is 24.5 Å². The molecule has 0 amide bonds. The lowest BCUT2D eigenvalue weighted by atomic mass is 10.1. The Morgan fingerprint density at radius 1 is 0.962 bits per heavy atom. The van der Waals surface area contributed by atoms with Crippen molar-refractivity contribution in [3.63, 3.8) is 0 Å². The first-order valence-electron chi connectivity index (χ1n) is 7.59. The fourth-order valence-electron chi connectivity index (χ4n) is 2.09. The van der Waals surface area contributed by atoms with E-state index in [1.54, 1.807) is 24.3 Å². The van der Waals surface area contributed by atoms with Crippen molar-refractivity contribution in [2.45, 2.75) is 12.8 Å². The molecular formula is C18H14ClNO6. The first-order chi connectivity index (χ1) is 12.4. The van der Waals surface area contributed by atoms with Gasteiger partial charge < -0.3 is 4.74 Å². The van der Waals surface area contributed by atoms with Crippen LogP contribution in [0.15, 0.2) is 48.5 Å². The average molecular weight is 376 g/mol. The van der Waals surface area contributed by atoms with Crippen molar-refractivity contribution in [3.8, 4) is 0 Å². The van der Waals surface area contributed by atoms with Crippen LogP contribution in [0, 0.1) is 10.1 Å². The second-order valence-corrected chi connectivity index (χ2v) is 5.76. The monoisotopic (exact) mass is 375 g/mol. The summed E-state index contributed by atoms with van der Waals surface area (Å²) in [6, 6.07) is 11.4. The summed E-state index contributed by atoms with van der Waals surface area (Å²) in [4.78, 5) is 45.6. The van der Waals surface area contributed by atoms with Gasteiger partial charge in [-0.05, 0) is 24.3 Å². The third kappa shape index (κ3) is 5.49. The molecule has 0 atom stereocenters. The van der Waals surface area contributed by atoms with Gasteiger partial charge in [-0.2, -0.15) is 0 Å². The number of hydrogen-bond donors (Lipinski definition) is 0. The van der Waals surface area contributed by atoms with Gasteiger partial charge in [0.1, 0.15) is 0 Å². The SMILES string of the molecule is O=C(CCC(=O)c1ccc(Cl)cc1)OCC(=O)c1cccc([N+](=O)[O-])c1. The Balaban J connectivity index is 1.82. The molecule has 2 rings (SSSR count). The molecule has 0 N–H and O–H groups in total. The van der Waals surface area contributed by atoms with E-state index in [0.29, 0.717) is 10.6 Å². The van der Waals surface area contributed by atoms with E-state index in [4.69, 9.17) is 16.3 Å². The summed E-state index contributed by atoms with van der Waals surface area (Å²) >= 11 is 5.74. The Labute approximate surface area is 153 Å². The summed E-state index contributed by atoms with van der Waals surface area (Å²) in [5.74, 6) is -1.51. The molecule has 0 radical (unpaired) electrons. The number of ketones is 2. The highest BCUT2D eigenvalue weighted by atomic mass is 35.5. The quantitative estimate of drug-likeness (QED) is 0.302. The van der Waals surface area contributed by atoms with Crippen LogP contribution in [0.25, 0.3) is 0 Å². The molecule has 0 aliphatic carbocycles. The fourth-order valence-corrected chi connectivity index (χ4v) is 2.22. The zero-order valence-electron chi connectivity index (χ0n) is 13.5. The summed E-state index contributed by atoms with van der Waals surface area (Å²) in [5, 5.41) is 11.2. The second-order valence-electron chi connectivity index (χ2n) is 5.32. The van der Waals surface area contributed by atoms with Crippen LogP contribution in [0.3, 0.4) is 0 Å². The molecule has 0 bridgehead atoms. The maximum atomic E-state index is 11.9. The Bertz CT molecular complexity index is 847. The summed E-state index contributed by atoms with van der Waals surface area (Å²) in [6.07, 6.45) is -0.241. The smallest absolute Gasteiger partial charge is 0.306 e. The van der Waals surface area contributed by atoms with Gasteiger partial charge in [-0.3, -0.25) is 24.5 Å². The molecule has 8 heteroatoms. The van der Waals surface area contributed by atoms with Crippen LogP contribution in [-0.2, 0) is 9.53 Å². The zero-order chi connectivity index (χ0) is 19.1. The number of nitro groups is 1. The lowest BCUT2D eigenvalue weighted by Gasteiger charge is -2.05. The second kappa shape index (κ2) is 8.87. The standard InChI is InChI=1S/C18H14ClNO6/c19-14-6-4-12(5-7-14)16(21)8-9-18(23)26-11-17(22)13-2-1-3-15(10-13)20(24)25/h1-7,10H,8-9,11H2. The number of nitrogens with zero attached hydrogens (tertiary/aromatic N) is 1. The molecule has 0 aliphatic rings. The van der Waals surface area contributed by atoms with Crippen LogP contribution in [0.1, 0.15) is 33.6 Å². The Hall–Kier alpha value is -3.06. The van der Waals surface area contributed by atoms with Gasteiger partial charge in [0.05, 0.1) is 11.3 Å². The highest BCUT2D eigenvalue weighted by Gasteiger charge is 2.15. The minimum absolute atomic E-state index is 0.0640. The first kappa shape index (κ1) is 19.3. The van der Waals surface area contributed by atoms with E-state index in [1.165, 1.54) is 18.2 Å². The number of nitro benzene ring substituents is 1. The fraction of sp³-hybridized carbons (Fsp3) is 0.167. The molecule has 0 aromatic heterocycles. The van der Waals surface area contributed by atoms with Crippen LogP contribution in [0.5, 0.6) is 0 Å². The molecule has 2 aromatic rings. The number of halogens is 1. The molecule has 0 saturated heterocycles. The predicted molar refractivity (Wildman–Crippen MR) is 93.4 cm³/mol. The van der Waals surface area contributed by atoms with E-state index in [-0.39, 0.29) is 29.9 Å². The normalized spacial score (nSPS) is 10.2. The van der Waals surface area contributed by atoms with Gasteiger partial charge in [-0.15, -0.1) is 0 Å². The average Bonchev–Trinajstić information content (AvgIpc) is 2.64. The minimum Gasteiger partial charge on any atom is -0.457 e. The maximum absolute atomic E-state index is 11.9. The van der Waals surface area contributed by atoms with Crippen molar-refractivity contribution in [1.29, 1.82) is 0 Å². The summed E-state index contributed by atoms with van der Waals surface area (Å²) in [5.41, 5.74) is 0.273. The van der Waals surface area contributed by atoms with Gasteiger partial charge in [-0.1, -0.05) is 23.7 Å². The number of esters is 1. The van der Waals surface area contributed by atoms with Crippen molar-refractivity contribution >= 4 is 34.8 Å². The van der Waals surface area contributed by atoms with E-state index in [1.807, 2.05) is 0 Å². The number of ether oxygens (including phenoxy) is 1. The zero-order valence-corrected chi connectivity index (χ0v) is 14.3. The largest absolute Gasteiger partial charge is 0.457 e. The molecule has 7 nitrogen and oxygen atoms in total. The predicted octanol–water partition coefficient (Wildman–Crippen LogP) is 3.64. The van der Waals surface area contributed by atoms with E-state index < -0.39 is 23.3 Å². The number of non-ortho nitro benzene ring substituents is 1. The van der Waals surface area contributed by atoms with Gasteiger partial charge in [0.25, 0.3) is 5.69 Å². The molecule has 0 heterocycles. The Kier molecular flexibility index (Phi) is 6.57. The van der Waals surface area contributed by atoms with E-state index in [2.05, 4.69) is 0 Å². The lowest BCUT2D eigenvalue weighted by Crippen LogP contribution is -2.15. The summed E-state index contributed by atoms with van der Waals surface area (Å²) in [7, 11) is 0. The number of carbonyl (C=O) groups is 3. The van der Waals surface area contributed by atoms with Gasteiger partial charge in [-0.25, -0.2) is 0 Å². The first-order valence-corrected chi connectivity index (χ1v) is 7.96. The van der Waals surface area contributed by atoms with Crippen molar-refractivity contribution in [3.05, 3.63) is 74.8 Å². The van der Waals surface area contributed by atoms with Crippen LogP contribution in [0.2, 0.25) is 5.02 Å².